The Bertz CT molecular complexity index is 2220. The topological polar surface area (TPSA) is 64.3 Å². The predicted molar refractivity (Wildman–Crippen MR) is 186 cm³/mol. The first kappa shape index (κ1) is 27.8. The molecule has 6 aromatic carbocycles. The quantitative estimate of drug-likeness (QED) is 0.146. The minimum Gasteiger partial charge on any atom is -0.477 e. The van der Waals surface area contributed by atoms with E-state index in [-0.39, 0.29) is 5.57 Å². The molecule has 1 aromatic heterocycles. The summed E-state index contributed by atoms with van der Waals surface area (Å²) in [5.74, 6) is -1.23. The third-order valence-electron chi connectivity index (χ3n) is 7.91. The largest absolute Gasteiger partial charge is 0.477 e. The van der Waals surface area contributed by atoms with Gasteiger partial charge in [-0.2, -0.15) is 5.26 Å². The van der Waals surface area contributed by atoms with Gasteiger partial charge in [-0.05, 0) is 81.4 Å². The van der Waals surface area contributed by atoms with Gasteiger partial charge in [-0.15, -0.1) is 11.3 Å². The van der Waals surface area contributed by atoms with E-state index < -0.39 is 5.97 Å². The average Bonchev–Trinajstić information content (AvgIpc) is 3.56. The first-order chi connectivity index (χ1) is 22.1. The number of hydrogen-bond acceptors (Lipinski definition) is 4. The molecule has 4 nitrogen and oxygen atoms in total. The molecule has 5 heteroatoms. The highest BCUT2D eigenvalue weighted by atomic mass is 32.1. The molecule has 0 atom stereocenters. The number of para-hydroxylation sites is 2. The van der Waals surface area contributed by atoms with Crippen LogP contribution in [0.1, 0.15) is 4.88 Å². The lowest BCUT2D eigenvalue weighted by Crippen LogP contribution is -2.10. The molecular formula is C40H26N2O2S. The molecule has 0 saturated heterocycles. The fraction of sp³-hybridized carbons (Fsp3) is 0. The lowest BCUT2D eigenvalue weighted by Gasteiger charge is -2.27. The molecule has 0 aliphatic heterocycles. The van der Waals surface area contributed by atoms with Gasteiger partial charge >= 0.3 is 5.97 Å². The highest BCUT2D eigenvalue weighted by molar-refractivity contribution is 7.16. The third-order valence-corrected chi connectivity index (χ3v) is 8.98. The van der Waals surface area contributed by atoms with E-state index in [9.17, 15) is 15.2 Å². The van der Waals surface area contributed by atoms with Crippen LogP contribution < -0.4 is 4.90 Å². The summed E-state index contributed by atoms with van der Waals surface area (Å²) in [5.41, 5.74) is 6.35. The summed E-state index contributed by atoms with van der Waals surface area (Å²) in [7, 11) is 0. The Morgan fingerprint density at radius 3 is 1.67 bits per heavy atom. The first-order valence-electron chi connectivity index (χ1n) is 14.5. The normalized spacial score (nSPS) is 11.4. The lowest BCUT2D eigenvalue weighted by molar-refractivity contribution is -0.132. The molecule has 0 saturated carbocycles. The fourth-order valence-corrected chi connectivity index (χ4v) is 6.89. The molecular weight excluding hydrogens is 573 g/mol. The van der Waals surface area contributed by atoms with Crippen molar-refractivity contribution in [1.82, 2.24) is 0 Å². The van der Waals surface area contributed by atoms with Crippen LogP contribution in [0.4, 0.5) is 17.1 Å². The van der Waals surface area contributed by atoms with Gasteiger partial charge in [-0.1, -0.05) is 103 Å². The second-order valence-corrected chi connectivity index (χ2v) is 11.7. The van der Waals surface area contributed by atoms with Crippen molar-refractivity contribution in [1.29, 1.82) is 5.26 Å². The molecule has 0 amide bonds. The maximum atomic E-state index is 11.4. The molecule has 1 heterocycles. The van der Waals surface area contributed by atoms with Crippen molar-refractivity contribution in [2.24, 2.45) is 0 Å². The predicted octanol–water partition coefficient (Wildman–Crippen LogP) is 10.8. The van der Waals surface area contributed by atoms with Gasteiger partial charge in [-0.25, -0.2) is 4.79 Å². The van der Waals surface area contributed by atoms with E-state index in [1.54, 1.807) is 6.07 Å². The maximum Gasteiger partial charge on any atom is 0.346 e. The standard InChI is InChI=1S/C40H26N2O2S/c41-26-27(40(43)44)25-30-19-24-39(45-30)37-21-20-34(31-15-7-8-17-33(31)37)35-22-23-38(36-18-10-9-16-32(35)36)42(28-11-3-1-4-12-28)29-13-5-2-6-14-29/h1-25H,(H,43,44)/b27-25+. The SMILES string of the molecule is N#C/C(=C\c1ccc(-c2ccc(-c3ccc(N(c4ccccc4)c4ccccc4)c4ccccc34)c3ccccc23)s1)C(=O)O. The number of fused-ring (bicyclic) bond motifs is 2. The van der Waals surface area contributed by atoms with Crippen LogP contribution in [-0.2, 0) is 4.79 Å². The molecule has 0 aliphatic carbocycles. The van der Waals surface area contributed by atoms with Crippen LogP contribution in [0.25, 0.3) is 49.2 Å². The van der Waals surface area contributed by atoms with Gasteiger partial charge in [-0.3, -0.25) is 0 Å². The summed E-state index contributed by atoms with van der Waals surface area (Å²) in [6, 6.07) is 52.2. The van der Waals surface area contributed by atoms with Gasteiger partial charge in [0.05, 0.1) is 5.69 Å². The van der Waals surface area contributed by atoms with Crippen molar-refractivity contribution >= 4 is 62.0 Å². The van der Waals surface area contributed by atoms with Gasteiger partial charge < -0.3 is 10.0 Å². The number of rotatable bonds is 7. The molecule has 1 N–H and O–H groups in total. The summed E-state index contributed by atoms with van der Waals surface area (Å²) in [6.45, 7) is 0. The van der Waals surface area contributed by atoms with Crippen molar-refractivity contribution in [2.45, 2.75) is 0 Å². The van der Waals surface area contributed by atoms with E-state index in [2.05, 4.69) is 120 Å². The Morgan fingerprint density at radius 1 is 0.600 bits per heavy atom. The second kappa shape index (κ2) is 12.0. The minimum absolute atomic E-state index is 0.281. The molecule has 0 unspecified atom stereocenters. The van der Waals surface area contributed by atoms with E-state index in [4.69, 9.17) is 0 Å². The van der Waals surface area contributed by atoms with Gasteiger partial charge in [0.1, 0.15) is 11.6 Å². The minimum atomic E-state index is -1.23. The summed E-state index contributed by atoms with van der Waals surface area (Å²) in [5, 5.41) is 23.0. The second-order valence-electron chi connectivity index (χ2n) is 10.6. The maximum absolute atomic E-state index is 11.4. The van der Waals surface area contributed by atoms with E-state index in [1.807, 2.05) is 30.3 Å². The van der Waals surface area contributed by atoms with Crippen molar-refractivity contribution < 1.29 is 9.90 Å². The molecule has 0 bridgehead atoms. The zero-order valence-corrected chi connectivity index (χ0v) is 24.9. The van der Waals surface area contributed by atoms with E-state index >= 15 is 0 Å². The Hall–Kier alpha value is -5.96. The number of carbonyl (C=O) groups is 1. The van der Waals surface area contributed by atoms with E-state index in [1.165, 1.54) is 17.4 Å². The van der Waals surface area contributed by atoms with Crippen molar-refractivity contribution in [2.75, 3.05) is 4.90 Å². The number of anilines is 3. The molecule has 0 radical (unpaired) electrons. The summed E-state index contributed by atoms with van der Waals surface area (Å²) >= 11 is 1.47. The molecule has 214 valence electrons. The number of nitrogens with zero attached hydrogens (tertiary/aromatic N) is 2. The first-order valence-corrected chi connectivity index (χ1v) is 15.3. The van der Waals surface area contributed by atoms with Crippen LogP contribution in [0, 0.1) is 11.3 Å². The molecule has 7 aromatic rings. The number of carboxylic acids is 1. The highest BCUT2D eigenvalue weighted by Crippen LogP contribution is 2.44. The van der Waals surface area contributed by atoms with E-state index in [0.29, 0.717) is 0 Å². The van der Waals surface area contributed by atoms with Crippen LogP contribution in [0.3, 0.4) is 0 Å². The van der Waals surface area contributed by atoms with Crippen LogP contribution in [0.2, 0.25) is 0 Å². The zero-order valence-electron chi connectivity index (χ0n) is 24.1. The summed E-state index contributed by atoms with van der Waals surface area (Å²) in [6.07, 6.45) is 1.43. The van der Waals surface area contributed by atoms with Crippen molar-refractivity contribution in [3.8, 4) is 27.6 Å². The Kier molecular flexibility index (Phi) is 7.41. The summed E-state index contributed by atoms with van der Waals surface area (Å²) in [4.78, 5) is 15.4. The Morgan fingerprint density at radius 2 is 1.09 bits per heavy atom. The van der Waals surface area contributed by atoms with Gasteiger partial charge in [0.2, 0.25) is 0 Å². The third kappa shape index (κ3) is 5.25. The highest BCUT2D eigenvalue weighted by Gasteiger charge is 2.18. The van der Waals surface area contributed by atoms with Gasteiger partial charge in [0.15, 0.2) is 0 Å². The Balaban J connectivity index is 1.38. The molecule has 7 rings (SSSR count). The number of benzene rings is 6. The number of hydrogen-bond donors (Lipinski definition) is 1. The smallest absolute Gasteiger partial charge is 0.346 e. The zero-order chi connectivity index (χ0) is 30.8. The number of carboxylic acid groups (broad SMARTS) is 1. The van der Waals surface area contributed by atoms with Crippen LogP contribution in [0.15, 0.2) is 151 Å². The van der Waals surface area contributed by atoms with Crippen molar-refractivity contribution in [3.63, 3.8) is 0 Å². The number of aliphatic carboxylic acids is 1. The molecule has 0 fully saturated rings. The monoisotopic (exact) mass is 598 g/mol. The van der Waals surface area contributed by atoms with Crippen LogP contribution in [-0.4, -0.2) is 11.1 Å². The Labute approximate surface area is 265 Å². The number of nitriles is 1. The van der Waals surface area contributed by atoms with Crippen molar-refractivity contribution in [3.05, 3.63) is 156 Å². The molecule has 0 aliphatic rings. The average molecular weight is 599 g/mol. The van der Waals surface area contributed by atoms with Crippen LogP contribution in [0.5, 0.6) is 0 Å². The lowest BCUT2D eigenvalue weighted by atomic mass is 9.91. The van der Waals surface area contributed by atoms with Crippen LogP contribution >= 0.6 is 11.3 Å². The molecule has 45 heavy (non-hydrogen) atoms. The fourth-order valence-electron chi connectivity index (χ4n) is 5.90. The number of thiophene rings is 1. The van der Waals surface area contributed by atoms with Gasteiger partial charge in [0, 0.05) is 26.5 Å². The van der Waals surface area contributed by atoms with E-state index in [0.717, 1.165) is 65.1 Å². The molecule has 0 spiro atoms. The van der Waals surface area contributed by atoms with Gasteiger partial charge in [0.25, 0.3) is 0 Å². The summed E-state index contributed by atoms with van der Waals surface area (Å²) < 4.78 is 0.